The second-order valence-electron chi connectivity index (χ2n) is 6.58. The van der Waals surface area contributed by atoms with E-state index in [1.54, 1.807) is 22.9 Å². The fourth-order valence-electron chi connectivity index (χ4n) is 3.33. The zero-order valence-corrected chi connectivity index (χ0v) is 17.0. The molecule has 0 radical (unpaired) electrons. The molecule has 0 aliphatic carbocycles. The standard InChI is InChI=1S/C18H20Cl2N8O/c19-11-2-1-3-12-14(11)18(29)28(27-8-6-22-7-9-27)13(26-12)4-5-23-17-15(20)16(21)24-10-25-17/h1-3,10,22H,4-9H2,(H3,21,23,24,25). The second kappa shape index (κ2) is 8.40. The molecule has 0 spiro atoms. The Morgan fingerprint density at radius 3 is 2.79 bits per heavy atom. The first-order valence-electron chi connectivity index (χ1n) is 9.22. The van der Waals surface area contributed by atoms with Crippen LogP contribution in [0.25, 0.3) is 10.9 Å². The summed E-state index contributed by atoms with van der Waals surface area (Å²) in [5, 5.41) is 9.52. The molecular formula is C18H20Cl2N8O. The van der Waals surface area contributed by atoms with Gasteiger partial charge < -0.3 is 21.4 Å². The number of hydrogen-bond donors (Lipinski definition) is 3. The number of rotatable bonds is 5. The predicted molar refractivity (Wildman–Crippen MR) is 115 cm³/mol. The van der Waals surface area contributed by atoms with Crippen LogP contribution in [0.1, 0.15) is 5.82 Å². The van der Waals surface area contributed by atoms with Crippen LogP contribution in [0.5, 0.6) is 0 Å². The maximum atomic E-state index is 13.3. The quantitative estimate of drug-likeness (QED) is 0.549. The van der Waals surface area contributed by atoms with Crippen molar-refractivity contribution in [3.63, 3.8) is 0 Å². The van der Waals surface area contributed by atoms with E-state index < -0.39 is 0 Å². The number of nitrogens with zero attached hydrogens (tertiary/aromatic N) is 5. The Balaban J connectivity index is 1.68. The van der Waals surface area contributed by atoms with E-state index in [9.17, 15) is 4.79 Å². The van der Waals surface area contributed by atoms with Crippen LogP contribution >= 0.6 is 23.2 Å². The molecule has 0 saturated carbocycles. The van der Waals surface area contributed by atoms with Gasteiger partial charge in [-0.05, 0) is 12.1 Å². The van der Waals surface area contributed by atoms with Gasteiger partial charge in [0.05, 0.1) is 15.9 Å². The van der Waals surface area contributed by atoms with Gasteiger partial charge in [-0.3, -0.25) is 4.79 Å². The van der Waals surface area contributed by atoms with Crippen LogP contribution in [0.15, 0.2) is 29.3 Å². The molecule has 0 bridgehead atoms. The van der Waals surface area contributed by atoms with E-state index in [1.165, 1.54) is 6.33 Å². The van der Waals surface area contributed by atoms with E-state index in [0.29, 0.717) is 53.6 Å². The third-order valence-corrected chi connectivity index (χ3v) is 5.41. The smallest absolute Gasteiger partial charge is 0.281 e. The van der Waals surface area contributed by atoms with Gasteiger partial charge in [0.1, 0.15) is 28.8 Å². The van der Waals surface area contributed by atoms with Gasteiger partial charge in [-0.1, -0.05) is 29.3 Å². The number of aromatic nitrogens is 4. The fraction of sp³-hybridized carbons (Fsp3) is 0.333. The van der Waals surface area contributed by atoms with Crippen molar-refractivity contribution in [3.8, 4) is 0 Å². The number of nitrogens with one attached hydrogen (secondary N) is 2. The number of halogens is 2. The summed E-state index contributed by atoms with van der Waals surface area (Å²) >= 11 is 12.4. The van der Waals surface area contributed by atoms with Crippen LogP contribution in [-0.2, 0) is 6.42 Å². The summed E-state index contributed by atoms with van der Waals surface area (Å²) in [7, 11) is 0. The van der Waals surface area contributed by atoms with Crippen molar-refractivity contribution in [2.24, 2.45) is 0 Å². The largest absolute Gasteiger partial charge is 0.382 e. The molecule has 152 valence electrons. The zero-order chi connectivity index (χ0) is 20.4. The van der Waals surface area contributed by atoms with Gasteiger partial charge in [-0.15, -0.1) is 0 Å². The van der Waals surface area contributed by atoms with Gasteiger partial charge in [-0.2, -0.15) is 0 Å². The molecule has 3 heterocycles. The topological polar surface area (TPSA) is 114 Å². The number of piperazine rings is 1. The molecule has 29 heavy (non-hydrogen) atoms. The van der Waals surface area contributed by atoms with Crippen molar-refractivity contribution in [1.29, 1.82) is 0 Å². The summed E-state index contributed by atoms with van der Waals surface area (Å²) < 4.78 is 1.65. The van der Waals surface area contributed by atoms with E-state index >= 15 is 0 Å². The highest BCUT2D eigenvalue weighted by Gasteiger charge is 2.19. The molecule has 4 N–H and O–H groups in total. The first-order chi connectivity index (χ1) is 14.1. The molecule has 2 aromatic heterocycles. The Hall–Kier alpha value is -2.62. The van der Waals surface area contributed by atoms with Crippen molar-refractivity contribution in [2.75, 3.05) is 48.8 Å². The molecule has 9 nitrogen and oxygen atoms in total. The Kier molecular flexibility index (Phi) is 5.70. The predicted octanol–water partition coefficient (Wildman–Crippen LogP) is 1.27. The molecule has 4 rings (SSSR count). The second-order valence-corrected chi connectivity index (χ2v) is 7.37. The maximum absolute atomic E-state index is 13.3. The highest BCUT2D eigenvalue weighted by molar-refractivity contribution is 6.35. The van der Waals surface area contributed by atoms with E-state index in [1.807, 2.05) is 5.01 Å². The van der Waals surface area contributed by atoms with E-state index in [2.05, 4.69) is 20.6 Å². The fourth-order valence-corrected chi connectivity index (χ4v) is 3.75. The molecule has 1 aromatic carbocycles. The third kappa shape index (κ3) is 3.93. The molecule has 1 aliphatic rings. The van der Waals surface area contributed by atoms with Crippen LogP contribution in [0.3, 0.4) is 0 Å². The molecule has 11 heteroatoms. The highest BCUT2D eigenvalue weighted by Crippen LogP contribution is 2.23. The van der Waals surface area contributed by atoms with Gasteiger partial charge in [-0.25, -0.2) is 19.6 Å². The zero-order valence-electron chi connectivity index (χ0n) is 15.5. The van der Waals surface area contributed by atoms with Crippen LogP contribution in [0.2, 0.25) is 10.0 Å². The molecule has 0 atom stereocenters. The maximum Gasteiger partial charge on any atom is 0.281 e. The first kappa shape index (κ1) is 19.7. The van der Waals surface area contributed by atoms with Crippen molar-refractivity contribution in [3.05, 3.63) is 50.7 Å². The number of anilines is 2. The highest BCUT2D eigenvalue weighted by atomic mass is 35.5. The van der Waals surface area contributed by atoms with Crippen LogP contribution in [0, 0.1) is 0 Å². The number of hydrogen-bond acceptors (Lipinski definition) is 8. The van der Waals surface area contributed by atoms with Crippen molar-refractivity contribution in [2.45, 2.75) is 6.42 Å². The lowest BCUT2D eigenvalue weighted by molar-refractivity contribution is 0.467. The van der Waals surface area contributed by atoms with Gasteiger partial charge >= 0.3 is 0 Å². The van der Waals surface area contributed by atoms with Crippen molar-refractivity contribution >= 4 is 45.7 Å². The average molecular weight is 435 g/mol. The lowest BCUT2D eigenvalue weighted by Gasteiger charge is -2.32. The Morgan fingerprint density at radius 2 is 2.00 bits per heavy atom. The minimum atomic E-state index is -0.165. The summed E-state index contributed by atoms with van der Waals surface area (Å²) in [6.07, 6.45) is 1.82. The van der Waals surface area contributed by atoms with Gasteiger partial charge in [0.2, 0.25) is 0 Å². The van der Waals surface area contributed by atoms with Gasteiger partial charge in [0.25, 0.3) is 5.56 Å². The SMILES string of the molecule is Nc1ncnc(NCCc2nc3cccc(Cl)c3c(=O)n2N2CCNCC2)c1Cl. The summed E-state index contributed by atoms with van der Waals surface area (Å²) in [5.74, 6) is 1.29. The molecule has 0 amide bonds. The van der Waals surface area contributed by atoms with Crippen molar-refractivity contribution in [1.82, 2.24) is 24.9 Å². The third-order valence-electron chi connectivity index (χ3n) is 4.73. The Morgan fingerprint density at radius 1 is 1.21 bits per heavy atom. The summed E-state index contributed by atoms with van der Waals surface area (Å²) in [5.41, 5.74) is 6.13. The number of nitrogens with two attached hydrogens (primary N) is 1. The van der Waals surface area contributed by atoms with Crippen molar-refractivity contribution < 1.29 is 0 Å². The number of nitrogen functional groups attached to an aromatic ring is 1. The van der Waals surface area contributed by atoms with Crippen LogP contribution in [-0.4, -0.2) is 52.4 Å². The lowest BCUT2D eigenvalue weighted by Crippen LogP contribution is -2.54. The minimum Gasteiger partial charge on any atom is -0.382 e. The lowest BCUT2D eigenvalue weighted by atomic mass is 10.2. The molecule has 0 unspecified atom stereocenters. The number of benzene rings is 1. The summed E-state index contributed by atoms with van der Waals surface area (Å²) in [6, 6.07) is 5.29. The molecule has 1 aliphatic heterocycles. The minimum absolute atomic E-state index is 0.165. The van der Waals surface area contributed by atoms with E-state index in [0.717, 1.165) is 13.1 Å². The van der Waals surface area contributed by atoms with Gasteiger partial charge in [0.15, 0.2) is 0 Å². The van der Waals surface area contributed by atoms with Crippen LogP contribution < -0.4 is 26.9 Å². The van der Waals surface area contributed by atoms with Gasteiger partial charge in [0, 0.05) is 39.1 Å². The number of fused-ring (bicyclic) bond motifs is 1. The summed E-state index contributed by atoms with van der Waals surface area (Å²) in [6.45, 7) is 3.44. The average Bonchev–Trinajstić information content (AvgIpc) is 2.72. The van der Waals surface area contributed by atoms with E-state index in [-0.39, 0.29) is 16.4 Å². The van der Waals surface area contributed by atoms with Crippen LogP contribution in [0.4, 0.5) is 11.6 Å². The summed E-state index contributed by atoms with van der Waals surface area (Å²) in [4.78, 5) is 26.0. The molecule has 3 aromatic rings. The molecule has 1 fully saturated rings. The normalized spacial score (nSPS) is 14.3. The Bertz CT molecular complexity index is 1100. The molecular weight excluding hydrogens is 415 g/mol. The molecule has 1 saturated heterocycles. The monoisotopic (exact) mass is 434 g/mol. The Labute approximate surface area is 176 Å². The van der Waals surface area contributed by atoms with E-state index in [4.69, 9.17) is 33.9 Å². The first-order valence-corrected chi connectivity index (χ1v) is 9.98.